The third-order valence-electron chi connectivity index (χ3n) is 5.54. The Kier molecular flexibility index (Phi) is 8.70. The molecule has 2 heterocycles. The van der Waals surface area contributed by atoms with Crippen LogP contribution in [0.15, 0.2) is 24.3 Å². The second-order valence-electron chi connectivity index (χ2n) is 7.88. The van der Waals surface area contributed by atoms with E-state index in [9.17, 15) is 14.7 Å². The van der Waals surface area contributed by atoms with Gasteiger partial charge < -0.3 is 20.1 Å². The van der Waals surface area contributed by atoms with E-state index in [0.29, 0.717) is 42.5 Å². The van der Waals surface area contributed by atoms with Crippen molar-refractivity contribution < 1.29 is 19.4 Å². The normalized spacial score (nSPS) is 17.5. The highest BCUT2D eigenvalue weighted by Gasteiger charge is 2.20. The van der Waals surface area contributed by atoms with Crippen molar-refractivity contribution >= 4 is 35.2 Å². The van der Waals surface area contributed by atoms with Gasteiger partial charge in [-0.1, -0.05) is 6.42 Å². The molecule has 1 aromatic rings. The van der Waals surface area contributed by atoms with Crippen molar-refractivity contribution in [2.24, 2.45) is 0 Å². The van der Waals surface area contributed by atoms with Gasteiger partial charge in [0.05, 0.1) is 6.54 Å². The molecule has 2 aliphatic rings. The molecule has 0 aromatic heterocycles. The number of benzene rings is 1. The minimum Gasteiger partial charge on any atom is -0.507 e. The van der Waals surface area contributed by atoms with Crippen molar-refractivity contribution in [1.82, 2.24) is 15.1 Å². The number of nitrogens with one attached hydrogen (secondary N) is 1. The molecule has 3 rings (SSSR count). The van der Waals surface area contributed by atoms with Crippen LogP contribution in [0, 0.1) is 0 Å². The molecule has 0 atom stereocenters. The summed E-state index contributed by atoms with van der Waals surface area (Å²) in [5.74, 6) is 0.627. The smallest absolute Gasteiger partial charge is 0.246 e. The lowest BCUT2D eigenvalue weighted by molar-refractivity contribution is -0.127. The van der Waals surface area contributed by atoms with Gasteiger partial charge in [0, 0.05) is 43.8 Å². The molecular formula is C23H31N3O4S. The zero-order valence-corrected chi connectivity index (χ0v) is 18.7. The van der Waals surface area contributed by atoms with Gasteiger partial charge in [0.25, 0.3) is 0 Å². The minimum atomic E-state index is -0.0237. The second kappa shape index (κ2) is 11.7. The van der Waals surface area contributed by atoms with E-state index in [2.05, 4.69) is 5.32 Å². The average Bonchev–Trinajstić information content (AvgIpc) is 3.00. The molecule has 0 saturated carbocycles. The Morgan fingerprint density at radius 1 is 1.13 bits per heavy atom. The van der Waals surface area contributed by atoms with Crippen molar-refractivity contribution in [2.75, 3.05) is 32.8 Å². The van der Waals surface area contributed by atoms with Crippen molar-refractivity contribution in [2.45, 2.75) is 44.9 Å². The largest absolute Gasteiger partial charge is 0.507 e. The molecule has 0 bridgehead atoms. The van der Waals surface area contributed by atoms with Crippen LogP contribution >= 0.6 is 12.2 Å². The number of amides is 2. The van der Waals surface area contributed by atoms with Gasteiger partial charge in [0.1, 0.15) is 18.1 Å². The summed E-state index contributed by atoms with van der Waals surface area (Å²) in [7, 11) is 0. The Labute approximate surface area is 189 Å². The van der Waals surface area contributed by atoms with Crippen LogP contribution in [0.3, 0.4) is 0 Å². The minimum absolute atomic E-state index is 0.0237. The number of thiocarbonyl (C=S) groups is 1. The first-order chi connectivity index (χ1) is 15.0. The molecule has 2 fully saturated rings. The number of likely N-dealkylation sites (tertiary alicyclic amines) is 2. The zero-order chi connectivity index (χ0) is 22.1. The molecule has 2 saturated heterocycles. The highest BCUT2D eigenvalue weighted by molar-refractivity contribution is 7.80. The first-order valence-corrected chi connectivity index (χ1v) is 11.5. The lowest BCUT2D eigenvalue weighted by Crippen LogP contribution is -2.44. The van der Waals surface area contributed by atoms with Crippen molar-refractivity contribution in [1.29, 1.82) is 0 Å². The molecule has 2 N–H and O–H groups in total. The van der Waals surface area contributed by atoms with Gasteiger partial charge >= 0.3 is 0 Å². The van der Waals surface area contributed by atoms with Crippen LogP contribution in [0.25, 0.3) is 6.08 Å². The molecule has 31 heavy (non-hydrogen) atoms. The van der Waals surface area contributed by atoms with E-state index in [1.807, 2.05) is 4.90 Å². The summed E-state index contributed by atoms with van der Waals surface area (Å²) in [4.78, 5) is 27.8. The summed E-state index contributed by atoms with van der Waals surface area (Å²) in [6.07, 6.45) is 9.89. The van der Waals surface area contributed by atoms with E-state index >= 15 is 0 Å². The third kappa shape index (κ3) is 6.95. The quantitative estimate of drug-likeness (QED) is 0.398. The van der Waals surface area contributed by atoms with Crippen LogP contribution in [0.2, 0.25) is 0 Å². The molecule has 7 nitrogen and oxygen atoms in total. The fourth-order valence-corrected chi connectivity index (χ4v) is 4.05. The van der Waals surface area contributed by atoms with Gasteiger partial charge in [-0.3, -0.25) is 14.5 Å². The number of rotatable bonds is 6. The molecule has 2 amide bonds. The SMILES string of the molecule is O=C(/C=C/c1ccc(OCCNC(=S)N2CCCCCC2=O)cc1O)N1CCCCC1. The Bertz CT molecular complexity index is 821. The van der Waals surface area contributed by atoms with E-state index in [1.54, 1.807) is 23.1 Å². The van der Waals surface area contributed by atoms with Crippen LogP contribution in [0.5, 0.6) is 11.5 Å². The molecule has 2 aliphatic heterocycles. The van der Waals surface area contributed by atoms with E-state index < -0.39 is 0 Å². The maximum atomic E-state index is 12.2. The fraction of sp³-hybridized carbons (Fsp3) is 0.522. The van der Waals surface area contributed by atoms with Gasteiger partial charge in [-0.25, -0.2) is 0 Å². The predicted octanol–water partition coefficient (Wildman–Crippen LogP) is 3.07. The van der Waals surface area contributed by atoms with Crippen LogP contribution in [0.1, 0.15) is 50.5 Å². The van der Waals surface area contributed by atoms with Crippen LogP contribution < -0.4 is 10.1 Å². The number of phenols is 1. The summed E-state index contributed by atoms with van der Waals surface area (Å²) in [6, 6.07) is 5.00. The monoisotopic (exact) mass is 445 g/mol. The summed E-state index contributed by atoms with van der Waals surface area (Å²) < 4.78 is 5.67. The maximum Gasteiger partial charge on any atom is 0.246 e. The maximum absolute atomic E-state index is 12.2. The van der Waals surface area contributed by atoms with Crippen molar-refractivity contribution in [3.8, 4) is 11.5 Å². The topological polar surface area (TPSA) is 82.1 Å². The van der Waals surface area contributed by atoms with Crippen molar-refractivity contribution in [3.05, 3.63) is 29.8 Å². The molecule has 8 heteroatoms. The van der Waals surface area contributed by atoms with Crippen LogP contribution in [-0.2, 0) is 9.59 Å². The number of carbonyl (C=O) groups is 2. The Morgan fingerprint density at radius 3 is 2.65 bits per heavy atom. The van der Waals surface area contributed by atoms with Crippen LogP contribution in [0.4, 0.5) is 0 Å². The van der Waals surface area contributed by atoms with Gasteiger partial charge in [-0.2, -0.15) is 0 Å². The van der Waals surface area contributed by atoms with E-state index in [1.165, 1.54) is 18.6 Å². The highest BCUT2D eigenvalue weighted by atomic mass is 32.1. The number of carbonyl (C=O) groups excluding carboxylic acids is 2. The number of phenolic OH excluding ortho intramolecular Hbond substituents is 1. The number of piperidine rings is 1. The van der Waals surface area contributed by atoms with Gasteiger partial charge in [0.15, 0.2) is 5.11 Å². The molecule has 0 spiro atoms. The molecule has 0 aliphatic carbocycles. The van der Waals surface area contributed by atoms with Crippen LogP contribution in [-0.4, -0.2) is 64.6 Å². The summed E-state index contributed by atoms with van der Waals surface area (Å²) in [5.41, 5.74) is 0.566. The van der Waals surface area contributed by atoms with E-state index in [0.717, 1.165) is 45.2 Å². The number of ether oxygens (including phenoxy) is 1. The van der Waals surface area contributed by atoms with Crippen molar-refractivity contribution in [3.63, 3.8) is 0 Å². The third-order valence-corrected chi connectivity index (χ3v) is 5.91. The Morgan fingerprint density at radius 2 is 1.87 bits per heavy atom. The zero-order valence-electron chi connectivity index (χ0n) is 17.8. The lowest BCUT2D eigenvalue weighted by Gasteiger charge is -2.25. The van der Waals surface area contributed by atoms with Gasteiger partial charge in [0.2, 0.25) is 11.8 Å². The lowest BCUT2D eigenvalue weighted by atomic mass is 10.1. The Balaban J connectivity index is 1.43. The first kappa shape index (κ1) is 23.1. The van der Waals surface area contributed by atoms with Gasteiger partial charge in [-0.15, -0.1) is 0 Å². The molecule has 0 unspecified atom stereocenters. The average molecular weight is 446 g/mol. The summed E-state index contributed by atoms with van der Waals surface area (Å²) >= 11 is 5.34. The molecule has 0 radical (unpaired) electrons. The fourth-order valence-electron chi connectivity index (χ4n) is 3.75. The Hall–Kier alpha value is -2.61. The summed E-state index contributed by atoms with van der Waals surface area (Å²) in [5, 5.41) is 13.8. The number of aromatic hydroxyl groups is 1. The molecule has 1 aromatic carbocycles. The second-order valence-corrected chi connectivity index (χ2v) is 8.26. The predicted molar refractivity (Wildman–Crippen MR) is 124 cm³/mol. The summed E-state index contributed by atoms with van der Waals surface area (Å²) in [6.45, 7) is 3.05. The highest BCUT2D eigenvalue weighted by Crippen LogP contribution is 2.25. The first-order valence-electron chi connectivity index (χ1n) is 11.1. The van der Waals surface area contributed by atoms with E-state index in [4.69, 9.17) is 17.0 Å². The standard InChI is InChI=1S/C23H31N3O4S/c27-20-17-19(10-8-18(20)9-11-21(28)25-13-4-2-5-14-25)30-16-12-24-23(31)26-15-6-1-3-7-22(26)29/h8-11,17,27H,1-7,12-16H2,(H,24,31)/b11-9+. The molecule has 168 valence electrons. The number of nitrogens with zero attached hydrogens (tertiary/aromatic N) is 2. The molecular weight excluding hydrogens is 414 g/mol. The number of hydrogen-bond acceptors (Lipinski definition) is 5. The van der Waals surface area contributed by atoms with Gasteiger partial charge in [-0.05, 0) is 62.5 Å². The van der Waals surface area contributed by atoms with E-state index in [-0.39, 0.29) is 17.6 Å². The number of hydrogen-bond donors (Lipinski definition) is 2.